The summed E-state index contributed by atoms with van der Waals surface area (Å²) in [5.41, 5.74) is 6.13. The molecule has 0 saturated heterocycles. The van der Waals surface area contributed by atoms with Crippen molar-refractivity contribution in [1.29, 1.82) is 0 Å². The van der Waals surface area contributed by atoms with E-state index in [4.69, 9.17) is 4.98 Å². The average molecular weight is 456 g/mol. The summed E-state index contributed by atoms with van der Waals surface area (Å²) in [4.78, 5) is 27.2. The van der Waals surface area contributed by atoms with E-state index in [0.29, 0.717) is 22.9 Å². The third-order valence-electron chi connectivity index (χ3n) is 6.99. The van der Waals surface area contributed by atoms with Crippen LogP contribution in [0, 0.1) is 0 Å². The van der Waals surface area contributed by atoms with Crippen LogP contribution in [0.2, 0.25) is 0 Å². The Bertz CT molecular complexity index is 1430. The third-order valence-corrected chi connectivity index (χ3v) is 6.99. The van der Waals surface area contributed by atoms with Crippen LogP contribution in [0.15, 0.2) is 47.5 Å². The van der Waals surface area contributed by atoms with Gasteiger partial charge < -0.3 is 10.6 Å². The molecule has 0 unspecified atom stereocenters. The van der Waals surface area contributed by atoms with E-state index in [2.05, 4.69) is 44.9 Å². The molecule has 8 nitrogen and oxygen atoms in total. The van der Waals surface area contributed by atoms with Crippen molar-refractivity contribution in [3.63, 3.8) is 0 Å². The Morgan fingerprint density at radius 3 is 2.79 bits per heavy atom. The Morgan fingerprint density at radius 1 is 1.12 bits per heavy atom. The molecule has 4 heterocycles. The lowest BCUT2D eigenvalue weighted by Gasteiger charge is -2.25. The number of anilines is 2. The second kappa shape index (κ2) is 8.36. The van der Waals surface area contributed by atoms with Gasteiger partial charge in [-0.25, -0.2) is 14.3 Å². The fourth-order valence-electron chi connectivity index (χ4n) is 4.95. The van der Waals surface area contributed by atoms with Gasteiger partial charge in [0.25, 0.3) is 5.56 Å². The van der Waals surface area contributed by atoms with Crippen LogP contribution in [-0.2, 0) is 13.0 Å². The quantitative estimate of drug-likeness (QED) is 0.468. The van der Waals surface area contributed by atoms with Crippen molar-refractivity contribution in [2.45, 2.75) is 58.0 Å². The molecule has 6 rings (SSSR count). The number of nitrogens with one attached hydrogen (secondary N) is 2. The number of pyridine rings is 1. The van der Waals surface area contributed by atoms with Crippen LogP contribution >= 0.6 is 0 Å². The minimum absolute atomic E-state index is 0.0346. The Morgan fingerprint density at radius 2 is 2.00 bits per heavy atom. The second-order valence-electron chi connectivity index (χ2n) is 9.59. The summed E-state index contributed by atoms with van der Waals surface area (Å²) in [6.45, 7) is 5.92. The molecular weight excluding hydrogens is 426 g/mol. The summed E-state index contributed by atoms with van der Waals surface area (Å²) >= 11 is 0. The van der Waals surface area contributed by atoms with Crippen molar-refractivity contribution in [3.05, 3.63) is 69.9 Å². The number of nitrogens with zero attached hydrogens (tertiary/aromatic N) is 5. The Balaban J connectivity index is 1.44. The van der Waals surface area contributed by atoms with E-state index in [1.165, 1.54) is 30.4 Å². The molecule has 34 heavy (non-hydrogen) atoms. The number of hydrogen-bond donors (Lipinski definition) is 2. The first-order valence-electron chi connectivity index (χ1n) is 12.1. The van der Waals surface area contributed by atoms with E-state index in [0.717, 1.165) is 36.6 Å². The maximum atomic E-state index is 13.3. The van der Waals surface area contributed by atoms with E-state index < -0.39 is 0 Å². The molecule has 0 bridgehead atoms. The summed E-state index contributed by atoms with van der Waals surface area (Å²) in [5.74, 6) is 0.983. The first-order valence-corrected chi connectivity index (χ1v) is 12.1. The standard InChI is InChI=1S/C26H29N7O/c1-16(2)32-25(34)22-15-29-26(30-20-7-6-19-14-27-10-8-18(19)12-20)31-24(22)33(32)21-9-11-28-23(13-21)17-4-3-5-17/h6-7,9,11-13,15-17,27H,3-5,8,10,14H2,1-2H3,(H,29,30,31). The van der Waals surface area contributed by atoms with Crippen molar-refractivity contribution in [1.82, 2.24) is 29.6 Å². The Kier molecular flexibility index (Phi) is 5.17. The van der Waals surface area contributed by atoms with Crippen LogP contribution in [0.5, 0.6) is 0 Å². The normalized spacial score (nSPS) is 16.0. The van der Waals surface area contributed by atoms with Gasteiger partial charge in [0.15, 0.2) is 5.65 Å². The van der Waals surface area contributed by atoms with Gasteiger partial charge in [0.05, 0.1) is 5.69 Å². The predicted octanol–water partition coefficient (Wildman–Crippen LogP) is 4.21. The number of fused-ring (bicyclic) bond motifs is 2. The zero-order valence-electron chi connectivity index (χ0n) is 19.6. The maximum Gasteiger partial charge on any atom is 0.278 e. The molecule has 2 N–H and O–H groups in total. The van der Waals surface area contributed by atoms with E-state index in [1.54, 1.807) is 10.9 Å². The molecule has 8 heteroatoms. The van der Waals surface area contributed by atoms with Crippen LogP contribution in [0.25, 0.3) is 16.7 Å². The molecule has 1 fully saturated rings. The Hall–Kier alpha value is -3.52. The van der Waals surface area contributed by atoms with Gasteiger partial charge in [0.2, 0.25) is 5.95 Å². The lowest BCUT2D eigenvalue weighted by Crippen LogP contribution is -2.24. The highest BCUT2D eigenvalue weighted by molar-refractivity contribution is 5.77. The van der Waals surface area contributed by atoms with Crippen molar-refractivity contribution >= 4 is 22.7 Å². The highest BCUT2D eigenvalue weighted by atomic mass is 16.1. The van der Waals surface area contributed by atoms with Gasteiger partial charge >= 0.3 is 0 Å². The molecular formula is C26H29N7O. The van der Waals surface area contributed by atoms with Gasteiger partial charge in [-0.2, -0.15) is 4.98 Å². The van der Waals surface area contributed by atoms with Gasteiger partial charge in [0.1, 0.15) is 5.39 Å². The molecule has 1 aliphatic heterocycles. The summed E-state index contributed by atoms with van der Waals surface area (Å²) in [6, 6.07) is 10.4. The fraction of sp³-hybridized carbons (Fsp3) is 0.385. The molecule has 1 saturated carbocycles. The van der Waals surface area contributed by atoms with Gasteiger partial charge in [-0.15, -0.1) is 0 Å². The van der Waals surface area contributed by atoms with Crippen LogP contribution in [0.3, 0.4) is 0 Å². The first-order chi connectivity index (χ1) is 16.6. The molecule has 3 aromatic heterocycles. The minimum Gasteiger partial charge on any atom is -0.324 e. The summed E-state index contributed by atoms with van der Waals surface area (Å²) in [7, 11) is 0. The molecule has 4 aromatic rings. The molecule has 0 radical (unpaired) electrons. The van der Waals surface area contributed by atoms with Crippen LogP contribution < -0.4 is 16.2 Å². The van der Waals surface area contributed by atoms with E-state index in [-0.39, 0.29) is 11.6 Å². The first kappa shape index (κ1) is 21.0. The Labute approximate surface area is 198 Å². The highest BCUT2D eigenvalue weighted by Gasteiger charge is 2.23. The van der Waals surface area contributed by atoms with E-state index in [9.17, 15) is 4.79 Å². The summed E-state index contributed by atoms with van der Waals surface area (Å²) < 4.78 is 3.69. The van der Waals surface area contributed by atoms with E-state index >= 15 is 0 Å². The van der Waals surface area contributed by atoms with Gasteiger partial charge in [-0.1, -0.05) is 12.5 Å². The molecule has 0 spiro atoms. The average Bonchev–Trinajstić information content (AvgIpc) is 3.10. The zero-order valence-corrected chi connectivity index (χ0v) is 19.6. The molecule has 1 aliphatic carbocycles. The molecule has 174 valence electrons. The number of hydrogen-bond acceptors (Lipinski definition) is 6. The summed E-state index contributed by atoms with van der Waals surface area (Å²) in [5, 5.41) is 7.27. The van der Waals surface area contributed by atoms with E-state index in [1.807, 2.05) is 30.8 Å². The van der Waals surface area contributed by atoms with Crippen molar-refractivity contribution in [2.24, 2.45) is 0 Å². The molecule has 0 amide bonds. The molecule has 2 aliphatic rings. The minimum atomic E-state index is -0.0835. The number of rotatable bonds is 5. The number of benzene rings is 1. The summed E-state index contributed by atoms with van der Waals surface area (Å²) in [6.07, 6.45) is 8.08. The second-order valence-corrected chi connectivity index (χ2v) is 9.59. The van der Waals surface area contributed by atoms with Gasteiger partial charge in [0, 0.05) is 42.3 Å². The van der Waals surface area contributed by atoms with Crippen molar-refractivity contribution < 1.29 is 0 Å². The maximum absolute atomic E-state index is 13.3. The third kappa shape index (κ3) is 3.58. The van der Waals surface area contributed by atoms with Crippen LogP contribution in [0.1, 0.15) is 61.9 Å². The monoisotopic (exact) mass is 455 g/mol. The lowest BCUT2D eigenvalue weighted by atomic mass is 9.82. The zero-order chi connectivity index (χ0) is 23.2. The smallest absolute Gasteiger partial charge is 0.278 e. The molecule has 1 aromatic carbocycles. The van der Waals surface area contributed by atoms with Crippen LogP contribution in [-0.4, -0.2) is 30.9 Å². The number of aromatic nitrogens is 5. The van der Waals surface area contributed by atoms with Gasteiger partial charge in [-0.05, 0) is 75.0 Å². The highest BCUT2D eigenvalue weighted by Crippen LogP contribution is 2.36. The molecule has 0 atom stereocenters. The van der Waals surface area contributed by atoms with Gasteiger partial charge in [-0.3, -0.25) is 9.78 Å². The fourth-order valence-corrected chi connectivity index (χ4v) is 4.95. The SMILES string of the molecule is CC(C)n1c(=O)c2cnc(Nc3ccc4c(c3)CCNC4)nc2n1-c1ccnc(C2CCC2)c1. The largest absolute Gasteiger partial charge is 0.324 e. The van der Waals surface area contributed by atoms with Crippen molar-refractivity contribution in [2.75, 3.05) is 11.9 Å². The van der Waals surface area contributed by atoms with Crippen LogP contribution in [0.4, 0.5) is 11.6 Å². The predicted molar refractivity (Wildman–Crippen MR) is 133 cm³/mol. The lowest BCUT2D eigenvalue weighted by molar-refractivity contribution is 0.410. The topological polar surface area (TPSA) is 89.7 Å². The van der Waals surface area contributed by atoms with Crippen molar-refractivity contribution in [3.8, 4) is 5.69 Å².